The summed E-state index contributed by atoms with van der Waals surface area (Å²) in [5, 5.41) is 0. The van der Waals surface area contributed by atoms with Crippen LogP contribution in [0.25, 0.3) is 0 Å². The van der Waals surface area contributed by atoms with Crippen molar-refractivity contribution >= 4 is 6.03 Å². The Bertz CT molecular complexity index is 328. The molecular formula is C15H29N3O3. The minimum Gasteiger partial charge on any atom is -0.379 e. The van der Waals surface area contributed by atoms with Crippen molar-refractivity contribution in [3.05, 3.63) is 0 Å². The Morgan fingerprint density at radius 1 is 1.24 bits per heavy atom. The molecule has 2 amide bonds. The topological polar surface area (TPSA) is 45.3 Å². The number of carbonyl (C=O) groups excluding carboxylic acids is 1. The number of rotatable bonds is 4. The first-order valence-electron chi connectivity index (χ1n) is 8.09. The minimum atomic E-state index is 0.156. The molecule has 21 heavy (non-hydrogen) atoms. The van der Waals surface area contributed by atoms with Gasteiger partial charge in [0.05, 0.1) is 12.7 Å². The Kier molecular flexibility index (Phi) is 6.26. The molecule has 0 aliphatic carbocycles. The molecule has 0 aromatic rings. The zero-order valence-electron chi connectivity index (χ0n) is 13.6. The molecule has 0 aromatic carbocycles. The molecular weight excluding hydrogens is 270 g/mol. The van der Waals surface area contributed by atoms with Crippen LogP contribution < -0.4 is 0 Å². The van der Waals surface area contributed by atoms with Crippen LogP contribution in [0.3, 0.4) is 0 Å². The highest BCUT2D eigenvalue weighted by molar-refractivity contribution is 5.74. The predicted molar refractivity (Wildman–Crippen MR) is 81.5 cm³/mol. The molecule has 6 heteroatoms. The number of piperazine rings is 1. The van der Waals surface area contributed by atoms with Crippen LogP contribution in [0.1, 0.15) is 20.3 Å². The van der Waals surface area contributed by atoms with Crippen molar-refractivity contribution < 1.29 is 14.3 Å². The van der Waals surface area contributed by atoms with E-state index in [9.17, 15) is 4.79 Å². The van der Waals surface area contributed by atoms with Gasteiger partial charge in [-0.2, -0.15) is 0 Å². The maximum Gasteiger partial charge on any atom is 0.320 e. The van der Waals surface area contributed by atoms with Crippen LogP contribution in [0.15, 0.2) is 0 Å². The number of urea groups is 1. The van der Waals surface area contributed by atoms with E-state index in [1.54, 1.807) is 7.11 Å². The van der Waals surface area contributed by atoms with Gasteiger partial charge in [-0.1, -0.05) is 0 Å². The van der Waals surface area contributed by atoms with Gasteiger partial charge in [-0.15, -0.1) is 0 Å². The van der Waals surface area contributed by atoms with E-state index in [2.05, 4.69) is 4.90 Å². The molecule has 0 aromatic heterocycles. The number of amides is 2. The standard InChI is InChI=1S/C15H29N3O3/c1-4-16(5-2)15(19)18-9-7-17(8-10-18)13-6-11-21-12-14(13)20-3/h13-14H,4-12H2,1-3H3. The highest BCUT2D eigenvalue weighted by atomic mass is 16.5. The Morgan fingerprint density at radius 3 is 2.48 bits per heavy atom. The summed E-state index contributed by atoms with van der Waals surface area (Å²) in [7, 11) is 1.76. The van der Waals surface area contributed by atoms with Crippen molar-refractivity contribution in [1.82, 2.24) is 14.7 Å². The predicted octanol–water partition coefficient (Wildman–Crippen LogP) is 0.870. The van der Waals surface area contributed by atoms with E-state index in [1.807, 2.05) is 23.6 Å². The molecule has 2 unspecified atom stereocenters. The minimum absolute atomic E-state index is 0.156. The van der Waals surface area contributed by atoms with Gasteiger partial charge >= 0.3 is 6.03 Å². The first kappa shape index (κ1) is 16.5. The first-order valence-corrected chi connectivity index (χ1v) is 8.09. The van der Waals surface area contributed by atoms with Crippen molar-refractivity contribution in [3.63, 3.8) is 0 Å². The van der Waals surface area contributed by atoms with Crippen molar-refractivity contribution in [2.24, 2.45) is 0 Å². The third kappa shape index (κ3) is 3.87. The fraction of sp³-hybridized carbons (Fsp3) is 0.933. The van der Waals surface area contributed by atoms with Crippen LogP contribution in [0.4, 0.5) is 4.79 Å². The van der Waals surface area contributed by atoms with E-state index in [-0.39, 0.29) is 12.1 Å². The second-order valence-electron chi connectivity index (χ2n) is 5.68. The maximum absolute atomic E-state index is 12.4. The third-order valence-corrected chi connectivity index (χ3v) is 4.66. The van der Waals surface area contributed by atoms with Gasteiger partial charge < -0.3 is 19.3 Å². The molecule has 2 aliphatic rings. The van der Waals surface area contributed by atoms with Crippen LogP contribution in [0, 0.1) is 0 Å². The van der Waals surface area contributed by atoms with Gasteiger partial charge in [0.25, 0.3) is 0 Å². The monoisotopic (exact) mass is 299 g/mol. The molecule has 2 heterocycles. The molecule has 2 rings (SSSR count). The van der Waals surface area contributed by atoms with Gasteiger partial charge in [-0.25, -0.2) is 4.79 Å². The number of methoxy groups -OCH3 is 1. The number of hydrogen-bond donors (Lipinski definition) is 0. The van der Waals surface area contributed by atoms with Crippen LogP contribution in [0.5, 0.6) is 0 Å². The summed E-state index contributed by atoms with van der Waals surface area (Å²) in [5.74, 6) is 0. The summed E-state index contributed by atoms with van der Waals surface area (Å²) in [6.45, 7) is 10.6. The van der Waals surface area contributed by atoms with E-state index >= 15 is 0 Å². The molecule has 122 valence electrons. The molecule has 0 saturated carbocycles. The van der Waals surface area contributed by atoms with E-state index in [0.717, 1.165) is 52.3 Å². The number of ether oxygens (including phenoxy) is 2. The van der Waals surface area contributed by atoms with Gasteiger partial charge in [0.1, 0.15) is 0 Å². The lowest BCUT2D eigenvalue weighted by Gasteiger charge is -2.44. The zero-order chi connectivity index (χ0) is 15.2. The van der Waals surface area contributed by atoms with E-state index < -0.39 is 0 Å². The number of hydrogen-bond acceptors (Lipinski definition) is 4. The zero-order valence-corrected chi connectivity index (χ0v) is 13.6. The lowest BCUT2D eigenvalue weighted by molar-refractivity contribution is -0.0887. The lowest BCUT2D eigenvalue weighted by atomic mass is 10.0. The molecule has 6 nitrogen and oxygen atoms in total. The Balaban J connectivity index is 1.86. The maximum atomic E-state index is 12.4. The van der Waals surface area contributed by atoms with Crippen molar-refractivity contribution in [3.8, 4) is 0 Å². The van der Waals surface area contributed by atoms with Crippen LogP contribution in [-0.2, 0) is 9.47 Å². The Labute approximate surface area is 128 Å². The summed E-state index contributed by atoms with van der Waals surface area (Å²) in [4.78, 5) is 18.7. The molecule has 0 N–H and O–H groups in total. The first-order chi connectivity index (χ1) is 10.2. The Morgan fingerprint density at radius 2 is 1.90 bits per heavy atom. The van der Waals surface area contributed by atoms with Crippen LogP contribution in [-0.4, -0.2) is 92.5 Å². The van der Waals surface area contributed by atoms with Gasteiger partial charge in [-0.05, 0) is 20.3 Å². The van der Waals surface area contributed by atoms with Crippen LogP contribution in [0.2, 0.25) is 0 Å². The SMILES string of the molecule is CCN(CC)C(=O)N1CCN(C2CCOCC2OC)CC1. The second kappa shape index (κ2) is 7.96. The third-order valence-electron chi connectivity index (χ3n) is 4.66. The van der Waals surface area contributed by atoms with Gasteiger partial charge in [0.15, 0.2) is 0 Å². The number of carbonyl (C=O) groups is 1. The molecule has 0 radical (unpaired) electrons. The van der Waals surface area contributed by atoms with E-state index in [1.165, 1.54) is 0 Å². The molecule has 2 aliphatic heterocycles. The fourth-order valence-corrected chi connectivity index (χ4v) is 3.28. The smallest absolute Gasteiger partial charge is 0.320 e. The van der Waals surface area contributed by atoms with E-state index in [4.69, 9.17) is 9.47 Å². The van der Waals surface area contributed by atoms with Crippen molar-refractivity contribution in [1.29, 1.82) is 0 Å². The van der Waals surface area contributed by atoms with Gasteiger partial charge in [0.2, 0.25) is 0 Å². The van der Waals surface area contributed by atoms with Gasteiger partial charge in [0, 0.05) is 59.0 Å². The summed E-state index contributed by atoms with van der Waals surface area (Å²) in [5.41, 5.74) is 0. The molecule has 2 atom stereocenters. The molecule has 2 saturated heterocycles. The van der Waals surface area contributed by atoms with Gasteiger partial charge in [-0.3, -0.25) is 4.90 Å². The van der Waals surface area contributed by atoms with E-state index in [0.29, 0.717) is 12.6 Å². The lowest BCUT2D eigenvalue weighted by Crippen LogP contribution is -2.58. The summed E-state index contributed by atoms with van der Waals surface area (Å²) in [6.07, 6.45) is 1.17. The molecule has 0 bridgehead atoms. The molecule has 2 fully saturated rings. The number of nitrogens with zero attached hydrogens (tertiary/aromatic N) is 3. The average Bonchev–Trinajstić information content (AvgIpc) is 2.56. The van der Waals surface area contributed by atoms with Crippen molar-refractivity contribution in [2.45, 2.75) is 32.4 Å². The Hall–Kier alpha value is -0.850. The summed E-state index contributed by atoms with van der Waals surface area (Å²) < 4.78 is 11.0. The fourth-order valence-electron chi connectivity index (χ4n) is 3.28. The molecule has 0 spiro atoms. The normalized spacial score (nSPS) is 27.7. The second-order valence-corrected chi connectivity index (χ2v) is 5.68. The highest BCUT2D eigenvalue weighted by Gasteiger charge is 2.34. The van der Waals surface area contributed by atoms with Crippen molar-refractivity contribution in [2.75, 3.05) is 59.6 Å². The summed E-state index contributed by atoms with van der Waals surface area (Å²) in [6, 6.07) is 0.601. The largest absolute Gasteiger partial charge is 0.379 e. The van der Waals surface area contributed by atoms with Crippen LogP contribution >= 0.6 is 0 Å². The highest BCUT2D eigenvalue weighted by Crippen LogP contribution is 2.19. The average molecular weight is 299 g/mol. The summed E-state index contributed by atoms with van der Waals surface area (Å²) >= 11 is 0. The quantitative estimate of drug-likeness (QED) is 0.773.